The Morgan fingerprint density at radius 2 is 1.75 bits per heavy atom. The Balaban J connectivity index is 0.00000456. The standard InChI is InChI=1S/C24H42N6O5.ClH/c1-23(2,3)29-22(35)28-15(10-25)21(34)30-11-13-16(24(13,4)5)17(30)20(33)27-14(18(31)19(26)32)9-12-7-6-8-12;/h12-18,31H,6-11,25H2,1-5H3,(H2,26,32)(H,27,33)(H2,28,29,35);1H/t13?,14?,15-,16-,17?,18?;/m0./s1. The number of hydrogen-bond donors (Lipinski definition) is 6. The predicted octanol–water partition coefficient (Wildman–Crippen LogP) is -0.163. The van der Waals surface area contributed by atoms with Crippen molar-refractivity contribution in [3.8, 4) is 0 Å². The van der Waals surface area contributed by atoms with Gasteiger partial charge < -0.3 is 37.4 Å². The first-order valence-electron chi connectivity index (χ1n) is 12.5. The highest BCUT2D eigenvalue weighted by Crippen LogP contribution is 2.64. The second kappa shape index (κ2) is 11.1. The third-order valence-corrected chi connectivity index (χ3v) is 7.90. The first kappa shape index (κ1) is 30.1. The normalized spacial score (nSPS) is 26.9. The van der Waals surface area contributed by atoms with Gasteiger partial charge in [-0.15, -0.1) is 12.4 Å². The van der Waals surface area contributed by atoms with E-state index in [9.17, 15) is 24.3 Å². The number of aliphatic hydroxyl groups is 1. The Morgan fingerprint density at radius 1 is 1.14 bits per heavy atom. The van der Waals surface area contributed by atoms with Crippen LogP contribution >= 0.6 is 12.4 Å². The van der Waals surface area contributed by atoms with Crippen LogP contribution in [0.1, 0.15) is 60.3 Å². The molecule has 2 saturated carbocycles. The topological polar surface area (TPSA) is 180 Å². The van der Waals surface area contributed by atoms with Crippen molar-refractivity contribution < 1.29 is 24.3 Å². The number of hydrogen-bond acceptors (Lipinski definition) is 6. The Bertz CT molecular complexity index is 858. The molecule has 12 heteroatoms. The highest BCUT2D eigenvalue weighted by Gasteiger charge is 2.69. The molecule has 0 aromatic carbocycles. The van der Waals surface area contributed by atoms with E-state index in [1.807, 2.05) is 20.8 Å². The van der Waals surface area contributed by atoms with E-state index < -0.39 is 53.5 Å². The third-order valence-electron chi connectivity index (χ3n) is 7.90. The van der Waals surface area contributed by atoms with Crippen molar-refractivity contribution in [2.45, 2.75) is 90.1 Å². The van der Waals surface area contributed by atoms with Gasteiger partial charge in [0.15, 0.2) is 6.10 Å². The Labute approximate surface area is 219 Å². The van der Waals surface area contributed by atoms with Crippen molar-refractivity contribution in [3.63, 3.8) is 0 Å². The van der Waals surface area contributed by atoms with Crippen LogP contribution in [0, 0.1) is 23.2 Å². The minimum Gasteiger partial charge on any atom is -0.381 e. The fourth-order valence-corrected chi connectivity index (χ4v) is 5.59. The summed E-state index contributed by atoms with van der Waals surface area (Å²) in [6.07, 6.45) is 1.98. The fourth-order valence-electron chi connectivity index (χ4n) is 5.59. The van der Waals surface area contributed by atoms with Crippen molar-refractivity contribution in [1.29, 1.82) is 0 Å². The molecule has 0 bridgehead atoms. The van der Waals surface area contributed by atoms with Crippen LogP contribution in [0.3, 0.4) is 0 Å². The zero-order chi connectivity index (χ0) is 26.3. The van der Waals surface area contributed by atoms with Crippen LogP contribution in [-0.4, -0.2) is 76.6 Å². The van der Waals surface area contributed by atoms with Crippen molar-refractivity contribution in [2.24, 2.45) is 34.6 Å². The zero-order valence-corrected chi connectivity index (χ0v) is 22.7. The molecule has 3 fully saturated rings. The largest absolute Gasteiger partial charge is 0.381 e. The quantitative estimate of drug-likeness (QED) is 0.241. The highest BCUT2D eigenvalue weighted by molar-refractivity contribution is 5.94. The van der Waals surface area contributed by atoms with Crippen molar-refractivity contribution in [1.82, 2.24) is 20.9 Å². The molecule has 11 nitrogen and oxygen atoms in total. The fraction of sp³-hybridized carbons (Fsp3) is 0.833. The molecule has 1 saturated heterocycles. The number of urea groups is 1. The van der Waals surface area contributed by atoms with Crippen molar-refractivity contribution in [3.05, 3.63) is 0 Å². The van der Waals surface area contributed by atoms with Crippen molar-refractivity contribution in [2.75, 3.05) is 13.1 Å². The van der Waals surface area contributed by atoms with Gasteiger partial charge in [-0.2, -0.15) is 0 Å². The average Bonchev–Trinajstić information content (AvgIpc) is 3.06. The van der Waals surface area contributed by atoms with Crippen LogP contribution in [0.25, 0.3) is 0 Å². The summed E-state index contributed by atoms with van der Waals surface area (Å²) in [5, 5.41) is 18.6. The average molecular weight is 531 g/mol. The zero-order valence-electron chi connectivity index (χ0n) is 21.9. The summed E-state index contributed by atoms with van der Waals surface area (Å²) in [5.74, 6) is -1.36. The number of rotatable bonds is 9. The van der Waals surface area contributed by atoms with E-state index in [1.54, 1.807) is 0 Å². The first-order chi connectivity index (χ1) is 16.2. The molecule has 206 valence electrons. The number of amides is 5. The van der Waals surface area contributed by atoms with Crippen LogP contribution in [-0.2, 0) is 14.4 Å². The number of halogens is 1. The molecule has 4 unspecified atom stereocenters. The number of fused-ring (bicyclic) bond motifs is 1. The molecule has 3 aliphatic rings. The number of carbonyl (C=O) groups excluding carboxylic acids is 4. The lowest BCUT2D eigenvalue weighted by Crippen LogP contribution is -2.61. The number of likely N-dealkylation sites (tertiary alicyclic amines) is 1. The first-order valence-corrected chi connectivity index (χ1v) is 12.5. The van der Waals surface area contributed by atoms with Gasteiger partial charge in [0.25, 0.3) is 0 Å². The maximum Gasteiger partial charge on any atom is 0.315 e. The van der Waals surface area contributed by atoms with Gasteiger partial charge in [0.2, 0.25) is 17.7 Å². The number of aliphatic hydroxyl groups excluding tert-OH is 1. The summed E-state index contributed by atoms with van der Waals surface area (Å²) in [7, 11) is 0. The lowest BCUT2D eigenvalue weighted by Gasteiger charge is -2.36. The molecule has 3 rings (SSSR count). The van der Waals surface area contributed by atoms with Gasteiger partial charge in [-0.05, 0) is 50.4 Å². The molecule has 1 heterocycles. The smallest absolute Gasteiger partial charge is 0.315 e. The van der Waals surface area contributed by atoms with Gasteiger partial charge in [-0.3, -0.25) is 14.4 Å². The van der Waals surface area contributed by atoms with Crippen LogP contribution in [0.15, 0.2) is 0 Å². The summed E-state index contributed by atoms with van der Waals surface area (Å²) in [6.45, 7) is 9.84. The molecule has 36 heavy (non-hydrogen) atoms. The molecule has 8 N–H and O–H groups in total. The highest BCUT2D eigenvalue weighted by atomic mass is 35.5. The molecule has 2 aliphatic carbocycles. The van der Waals surface area contributed by atoms with Gasteiger partial charge in [0.1, 0.15) is 12.1 Å². The monoisotopic (exact) mass is 530 g/mol. The summed E-state index contributed by atoms with van der Waals surface area (Å²) in [4.78, 5) is 52.5. The van der Waals surface area contributed by atoms with Crippen LogP contribution in [0.4, 0.5) is 4.79 Å². The molecule has 6 atom stereocenters. The molecular weight excluding hydrogens is 488 g/mol. The van der Waals surface area contributed by atoms with E-state index in [4.69, 9.17) is 11.5 Å². The van der Waals surface area contributed by atoms with E-state index in [2.05, 4.69) is 29.8 Å². The van der Waals surface area contributed by atoms with E-state index in [-0.39, 0.29) is 36.2 Å². The number of piperidine rings is 1. The van der Waals surface area contributed by atoms with Gasteiger partial charge >= 0.3 is 6.03 Å². The summed E-state index contributed by atoms with van der Waals surface area (Å²) in [5.41, 5.74) is 10.5. The van der Waals surface area contributed by atoms with E-state index in [1.165, 1.54) is 4.90 Å². The van der Waals surface area contributed by atoms with Gasteiger partial charge in [-0.25, -0.2) is 4.79 Å². The Kier molecular flexibility index (Phi) is 9.29. The third kappa shape index (κ3) is 6.41. The summed E-state index contributed by atoms with van der Waals surface area (Å²) < 4.78 is 0. The lowest BCUT2D eigenvalue weighted by molar-refractivity contribution is -0.142. The van der Waals surface area contributed by atoms with Crippen molar-refractivity contribution >= 4 is 36.2 Å². The molecule has 0 aromatic rings. The minimum absolute atomic E-state index is 0. The summed E-state index contributed by atoms with van der Waals surface area (Å²) >= 11 is 0. The maximum absolute atomic E-state index is 13.5. The number of nitrogens with zero attached hydrogens (tertiary/aromatic N) is 1. The van der Waals surface area contributed by atoms with E-state index in [0.717, 1.165) is 19.3 Å². The Morgan fingerprint density at radius 3 is 2.22 bits per heavy atom. The molecule has 1 aliphatic heterocycles. The molecule has 5 amide bonds. The molecule has 0 spiro atoms. The van der Waals surface area contributed by atoms with Crippen LogP contribution < -0.4 is 27.4 Å². The second-order valence-electron chi connectivity index (χ2n) is 12.0. The number of primary amides is 1. The lowest BCUT2D eigenvalue weighted by atomic mass is 9.79. The molecule has 0 aromatic heterocycles. The number of nitrogens with two attached hydrogens (primary N) is 2. The number of nitrogens with one attached hydrogen (secondary N) is 3. The van der Waals surface area contributed by atoms with E-state index in [0.29, 0.717) is 18.9 Å². The van der Waals surface area contributed by atoms with Gasteiger partial charge in [-0.1, -0.05) is 33.1 Å². The van der Waals surface area contributed by atoms with Gasteiger partial charge in [0, 0.05) is 18.6 Å². The summed E-state index contributed by atoms with van der Waals surface area (Å²) in [6, 6.07) is -3.11. The minimum atomic E-state index is -1.51. The number of carbonyl (C=O) groups is 4. The Hall–Kier alpha value is -2.11. The van der Waals surface area contributed by atoms with Crippen LogP contribution in [0.5, 0.6) is 0 Å². The predicted molar refractivity (Wildman–Crippen MR) is 137 cm³/mol. The SMILES string of the molecule is CC(C)(C)NC(=O)N[C@@H](CN)C(=O)N1CC2[C@@H](C1C(=O)NC(CC1CCC1)C(O)C(N)=O)C2(C)C.Cl. The second-order valence-corrected chi connectivity index (χ2v) is 12.0. The van der Waals surface area contributed by atoms with Gasteiger partial charge in [0.05, 0.1) is 6.04 Å². The molecular formula is C24H43ClN6O5. The van der Waals surface area contributed by atoms with Crippen LogP contribution in [0.2, 0.25) is 0 Å². The van der Waals surface area contributed by atoms with E-state index >= 15 is 0 Å². The maximum atomic E-state index is 13.5. The molecule has 0 radical (unpaired) electrons.